The number of carbonyl (C=O) groups is 1. The number of carbonyl (C=O) groups excluding carboxylic acids is 1. The van der Waals surface area contributed by atoms with Crippen LogP contribution in [0.1, 0.15) is 90.9 Å². The Kier molecular flexibility index (Phi) is 16.4. The summed E-state index contributed by atoms with van der Waals surface area (Å²) in [4.78, 5) is 10.8. The Hall–Kier alpha value is -0.830. The fourth-order valence-electron chi connectivity index (χ4n) is 3.14. The van der Waals surface area contributed by atoms with Crippen LogP contribution in [0.5, 0.6) is 0 Å². The van der Waals surface area contributed by atoms with Crippen molar-refractivity contribution in [2.24, 2.45) is 11.8 Å². The summed E-state index contributed by atoms with van der Waals surface area (Å²) in [6.45, 7) is 7.99. The van der Waals surface area contributed by atoms with Crippen molar-refractivity contribution in [3.63, 3.8) is 0 Å². The average molecular weight is 341 g/mol. The monoisotopic (exact) mass is 340 g/mol. The highest BCUT2D eigenvalue weighted by atomic mass is 16.5. The highest BCUT2D eigenvalue weighted by Gasteiger charge is 2.13. The van der Waals surface area contributed by atoms with E-state index in [0.717, 1.165) is 19.3 Å². The first kappa shape index (κ1) is 23.2. The maximum absolute atomic E-state index is 10.8. The molecule has 0 heterocycles. The van der Waals surface area contributed by atoms with E-state index in [1.165, 1.54) is 64.7 Å². The summed E-state index contributed by atoms with van der Waals surface area (Å²) in [5, 5.41) is 9.50. The molecule has 0 saturated carbocycles. The summed E-state index contributed by atoms with van der Waals surface area (Å²) in [6.07, 6.45) is 17.0. The zero-order chi connectivity index (χ0) is 18.0. The molecule has 0 aliphatic rings. The van der Waals surface area contributed by atoms with Crippen LogP contribution in [0.2, 0.25) is 0 Å². The molecule has 0 bridgehead atoms. The van der Waals surface area contributed by atoms with Gasteiger partial charge in [0.2, 0.25) is 0 Å². The van der Waals surface area contributed by atoms with E-state index in [4.69, 9.17) is 4.74 Å². The van der Waals surface area contributed by atoms with E-state index in [9.17, 15) is 9.90 Å². The Balaban J connectivity index is 3.46. The van der Waals surface area contributed by atoms with Crippen molar-refractivity contribution in [3.8, 4) is 0 Å². The predicted octanol–water partition coefficient (Wildman–Crippen LogP) is 5.66. The lowest BCUT2D eigenvalue weighted by molar-refractivity contribution is -0.142. The second-order valence-electron chi connectivity index (χ2n) is 7.24. The molecule has 3 heteroatoms. The molecule has 1 N–H and O–H groups in total. The van der Waals surface area contributed by atoms with E-state index in [1.807, 2.05) is 6.08 Å². The van der Waals surface area contributed by atoms with Gasteiger partial charge in [0.15, 0.2) is 0 Å². The van der Waals surface area contributed by atoms with Crippen molar-refractivity contribution in [1.29, 1.82) is 0 Å². The summed E-state index contributed by atoms with van der Waals surface area (Å²) in [5.41, 5.74) is 0. The SMILES string of the molecule is C=CCCCCCCCCCCCC(CO)CC(C)COC(C)=O. The minimum atomic E-state index is -0.219. The molecule has 0 aromatic carbocycles. The molecule has 0 radical (unpaired) electrons. The summed E-state index contributed by atoms with van der Waals surface area (Å²) in [5.74, 6) is 0.454. The molecule has 0 spiro atoms. The van der Waals surface area contributed by atoms with Gasteiger partial charge in [-0.25, -0.2) is 0 Å². The lowest BCUT2D eigenvalue weighted by atomic mass is 9.92. The molecule has 24 heavy (non-hydrogen) atoms. The standard InChI is InChI=1S/C21H40O3/c1-4-5-6-7-8-9-10-11-12-13-14-15-21(17-22)16-19(2)18-24-20(3)23/h4,19,21-22H,1,5-18H2,2-3H3. The summed E-state index contributed by atoms with van der Waals surface area (Å²) >= 11 is 0. The largest absolute Gasteiger partial charge is 0.466 e. The summed E-state index contributed by atoms with van der Waals surface area (Å²) in [6, 6.07) is 0. The highest BCUT2D eigenvalue weighted by molar-refractivity contribution is 5.65. The molecular formula is C21H40O3. The Labute approximate surface area is 149 Å². The van der Waals surface area contributed by atoms with E-state index >= 15 is 0 Å². The number of hydrogen-bond acceptors (Lipinski definition) is 3. The Bertz CT molecular complexity index is 301. The van der Waals surface area contributed by atoms with Gasteiger partial charge in [-0.3, -0.25) is 4.79 Å². The Morgan fingerprint density at radius 2 is 1.58 bits per heavy atom. The van der Waals surface area contributed by atoms with Crippen molar-refractivity contribution in [2.45, 2.75) is 90.9 Å². The van der Waals surface area contributed by atoms with Gasteiger partial charge in [-0.05, 0) is 37.5 Å². The van der Waals surface area contributed by atoms with Gasteiger partial charge in [0.25, 0.3) is 0 Å². The van der Waals surface area contributed by atoms with Crippen LogP contribution in [0.3, 0.4) is 0 Å². The van der Waals surface area contributed by atoms with Crippen LogP contribution in [-0.4, -0.2) is 24.3 Å². The second kappa shape index (κ2) is 17.0. The first-order chi connectivity index (χ1) is 11.6. The van der Waals surface area contributed by atoms with E-state index in [1.54, 1.807) is 0 Å². The zero-order valence-electron chi connectivity index (χ0n) is 16.1. The van der Waals surface area contributed by atoms with E-state index in [2.05, 4.69) is 13.5 Å². The lowest BCUT2D eigenvalue weighted by Gasteiger charge is -2.18. The maximum atomic E-state index is 10.8. The van der Waals surface area contributed by atoms with E-state index < -0.39 is 0 Å². The van der Waals surface area contributed by atoms with Gasteiger partial charge in [0.1, 0.15) is 0 Å². The first-order valence-electron chi connectivity index (χ1n) is 9.95. The van der Waals surface area contributed by atoms with Crippen LogP contribution in [-0.2, 0) is 9.53 Å². The minimum absolute atomic E-state index is 0.219. The van der Waals surface area contributed by atoms with Crippen LogP contribution >= 0.6 is 0 Å². The van der Waals surface area contributed by atoms with Crippen LogP contribution in [0.4, 0.5) is 0 Å². The molecule has 0 aliphatic carbocycles. The molecule has 0 aliphatic heterocycles. The number of ether oxygens (including phenoxy) is 1. The fraction of sp³-hybridized carbons (Fsp3) is 0.857. The molecule has 0 rings (SSSR count). The van der Waals surface area contributed by atoms with Crippen molar-refractivity contribution in [3.05, 3.63) is 12.7 Å². The van der Waals surface area contributed by atoms with Crippen molar-refractivity contribution in [1.82, 2.24) is 0 Å². The number of aliphatic hydroxyl groups excluding tert-OH is 1. The molecular weight excluding hydrogens is 300 g/mol. The molecule has 0 amide bonds. The molecule has 3 nitrogen and oxygen atoms in total. The van der Waals surface area contributed by atoms with Crippen LogP contribution in [0, 0.1) is 11.8 Å². The fourth-order valence-corrected chi connectivity index (χ4v) is 3.14. The summed E-state index contributed by atoms with van der Waals surface area (Å²) < 4.78 is 5.04. The third-order valence-electron chi connectivity index (χ3n) is 4.59. The minimum Gasteiger partial charge on any atom is -0.466 e. The van der Waals surface area contributed by atoms with Gasteiger partial charge >= 0.3 is 5.97 Å². The van der Waals surface area contributed by atoms with Crippen molar-refractivity contribution < 1.29 is 14.6 Å². The van der Waals surface area contributed by atoms with Gasteiger partial charge < -0.3 is 9.84 Å². The predicted molar refractivity (Wildman–Crippen MR) is 102 cm³/mol. The third-order valence-corrected chi connectivity index (χ3v) is 4.59. The van der Waals surface area contributed by atoms with Gasteiger partial charge in [0.05, 0.1) is 6.61 Å². The number of hydrogen-bond donors (Lipinski definition) is 1. The number of unbranched alkanes of at least 4 members (excludes halogenated alkanes) is 9. The zero-order valence-corrected chi connectivity index (χ0v) is 16.1. The molecule has 0 aromatic rings. The quantitative estimate of drug-likeness (QED) is 0.211. The third kappa shape index (κ3) is 16.0. The average Bonchev–Trinajstić information content (AvgIpc) is 2.56. The number of esters is 1. The van der Waals surface area contributed by atoms with Gasteiger partial charge in [-0.2, -0.15) is 0 Å². The van der Waals surface area contributed by atoms with Gasteiger partial charge in [0, 0.05) is 13.5 Å². The van der Waals surface area contributed by atoms with Crippen molar-refractivity contribution in [2.75, 3.05) is 13.2 Å². The van der Waals surface area contributed by atoms with E-state index in [-0.39, 0.29) is 12.6 Å². The lowest BCUT2D eigenvalue weighted by Crippen LogP contribution is -2.16. The second-order valence-corrected chi connectivity index (χ2v) is 7.24. The smallest absolute Gasteiger partial charge is 0.302 e. The molecule has 0 aromatic heterocycles. The molecule has 2 unspecified atom stereocenters. The number of aliphatic hydroxyl groups is 1. The topological polar surface area (TPSA) is 46.5 Å². The van der Waals surface area contributed by atoms with Crippen molar-refractivity contribution >= 4 is 5.97 Å². The van der Waals surface area contributed by atoms with E-state index in [0.29, 0.717) is 18.4 Å². The normalized spacial score (nSPS) is 13.5. The van der Waals surface area contributed by atoms with Crippen LogP contribution < -0.4 is 0 Å². The van der Waals surface area contributed by atoms with Gasteiger partial charge in [-0.15, -0.1) is 6.58 Å². The Morgan fingerprint density at radius 1 is 1.04 bits per heavy atom. The summed E-state index contributed by atoms with van der Waals surface area (Å²) in [7, 11) is 0. The molecule has 142 valence electrons. The Morgan fingerprint density at radius 3 is 2.08 bits per heavy atom. The van der Waals surface area contributed by atoms with Gasteiger partial charge in [-0.1, -0.05) is 64.4 Å². The molecule has 2 atom stereocenters. The van der Waals surface area contributed by atoms with Crippen LogP contribution in [0.25, 0.3) is 0 Å². The highest BCUT2D eigenvalue weighted by Crippen LogP contribution is 2.20. The molecule has 0 saturated heterocycles. The first-order valence-corrected chi connectivity index (χ1v) is 9.95. The molecule has 0 fully saturated rings. The number of allylic oxidation sites excluding steroid dienone is 1. The van der Waals surface area contributed by atoms with Crippen LogP contribution in [0.15, 0.2) is 12.7 Å². The maximum Gasteiger partial charge on any atom is 0.302 e. The number of rotatable bonds is 17.